The van der Waals surface area contributed by atoms with E-state index in [9.17, 15) is 4.79 Å². The van der Waals surface area contributed by atoms with Crippen LogP contribution in [-0.2, 0) is 17.7 Å². The van der Waals surface area contributed by atoms with Crippen LogP contribution >= 0.6 is 0 Å². The Morgan fingerprint density at radius 1 is 1.28 bits per heavy atom. The summed E-state index contributed by atoms with van der Waals surface area (Å²) in [4.78, 5) is 18.9. The number of ether oxygens (including phenoxy) is 1. The summed E-state index contributed by atoms with van der Waals surface area (Å²) in [6.45, 7) is 2.68. The van der Waals surface area contributed by atoms with E-state index < -0.39 is 0 Å². The summed E-state index contributed by atoms with van der Waals surface area (Å²) in [5, 5.41) is 7.33. The van der Waals surface area contributed by atoms with Gasteiger partial charge in [0.05, 0.1) is 18.8 Å². The normalized spacial score (nSPS) is 23.1. The molecule has 2 aliphatic heterocycles. The molecule has 1 N–H and O–H groups in total. The Bertz CT molecular complexity index is 717. The Kier molecular flexibility index (Phi) is 4.65. The zero-order chi connectivity index (χ0) is 17.1. The second-order valence-corrected chi connectivity index (χ2v) is 6.61. The highest BCUT2D eigenvalue weighted by Crippen LogP contribution is 2.22. The Morgan fingerprint density at radius 3 is 3.04 bits per heavy atom. The molecule has 7 nitrogen and oxygen atoms in total. The van der Waals surface area contributed by atoms with Crippen LogP contribution in [0, 0.1) is 0 Å². The van der Waals surface area contributed by atoms with Gasteiger partial charge < -0.3 is 15.0 Å². The number of fused-ring (bicyclic) bond motifs is 1. The highest BCUT2D eigenvalue weighted by Gasteiger charge is 2.29. The second kappa shape index (κ2) is 7.23. The molecule has 0 unspecified atom stereocenters. The maximum absolute atomic E-state index is 12.7. The fourth-order valence-electron chi connectivity index (χ4n) is 3.57. The van der Waals surface area contributed by atoms with Crippen LogP contribution in [0.4, 0.5) is 4.79 Å². The monoisotopic (exact) mass is 341 g/mol. The third-order valence-corrected chi connectivity index (χ3v) is 4.85. The predicted molar refractivity (Wildman–Crippen MR) is 92.0 cm³/mol. The van der Waals surface area contributed by atoms with Gasteiger partial charge in [-0.2, -0.15) is 5.10 Å². The highest BCUT2D eigenvalue weighted by atomic mass is 16.5. The molecule has 132 valence electrons. The molecule has 25 heavy (non-hydrogen) atoms. The second-order valence-electron chi connectivity index (χ2n) is 6.61. The summed E-state index contributed by atoms with van der Waals surface area (Å²) in [6, 6.07) is 10.2. The largest absolute Gasteiger partial charge is 0.374 e. The van der Waals surface area contributed by atoms with Crippen molar-refractivity contribution in [3.05, 3.63) is 48.0 Å². The Labute approximate surface area is 147 Å². The van der Waals surface area contributed by atoms with Crippen molar-refractivity contribution in [3.63, 3.8) is 0 Å². The van der Waals surface area contributed by atoms with Crippen LogP contribution in [0.25, 0.3) is 0 Å². The minimum Gasteiger partial charge on any atom is -0.374 e. The average molecular weight is 341 g/mol. The number of rotatable bonds is 3. The van der Waals surface area contributed by atoms with Crippen molar-refractivity contribution in [2.75, 3.05) is 19.7 Å². The van der Waals surface area contributed by atoms with Gasteiger partial charge in [-0.15, -0.1) is 0 Å². The lowest BCUT2D eigenvalue weighted by atomic mass is 10.1. The van der Waals surface area contributed by atoms with Crippen molar-refractivity contribution >= 4 is 6.03 Å². The van der Waals surface area contributed by atoms with Crippen LogP contribution in [0.3, 0.4) is 0 Å². The molecule has 0 spiro atoms. The van der Waals surface area contributed by atoms with E-state index in [1.165, 1.54) is 5.56 Å². The van der Waals surface area contributed by atoms with Crippen molar-refractivity contribution in [1.29, 1.82) is 0 Å². The molecule has 3 heterocycles. The van der Waals surface area contributed by atoms with Crippen LogP contribution in [0.2, 0.25) is 0 Å². The van der Waals surface area contributed by atoms with Crippen LogP contribution in [0.1, 0.15) is 30.3 Å². The van der Waals surface area contributed by atoms with Crippen LogP contribution in [0.15, 0.2) is 36.7 Å². The molecule has 1 saturated heterocycles. The number of hydrogen-bond acceptors (Lipinski definition) is 4. The number of aromatic nitrogens is 3. The molecule has 1 aromatic carbocycles. The maximum atomic E-state index is 12.7. The molecule has 1 aromatic heterocycles. The number of carbonyl (C=O) groups excluding carboxylic acids is 1. The Hall–Kier alpha value is -2.41. The van der Waals surface area contributed by atoms with Gasteiger partial charge in [-0.25, -0.2) is 14.5 Å². The van der Waals surface area contributed by atoms with Crippen LogP contribution in [0.5, 0.6) is 0 Å². The lowest BCUT2D eigenvalue weighted by Crippen LogP contribution is -2.51. The molecular weight excluding hydrogens is 318 g/mol. The zero-order valence-corrected chi connectivity index (χ0v) is 14.2. The first kappa shape index (κ1) is 16.1. The first-order chi connectivity index (χ1) is 12.3. The van der Waals surface area contributed by atoms with Gasteiger partial charge in [0.25, 0.3) is 0 Å². The average Bonchev–Trinajstić information content (AvgIpc) is 3.13. The van der Waals surface area contributed by atoms with Gasteiger partial charge >= 0.3 is 6.03 Å². The van der Waals surface area contributed by atoms with Crippen molar-refractivity contribution in [2.24, 2.45) is 0 Å². The van der Waals surface area contributed by atoms with E-state index in [0.29, 0.717) is 19.7 Å². The molecule has 1 fully saturated rings. The van der Waals surface area contributed by atoms with Gasteiger partial charge in [0.15, 0.2) is 0 Å². The Balaban J connectivity index is 1.36. The molecule has 2 atom stereocenters. The van der Waals surface area contributed by atoms with Crippen molar-refractivity contribution in [2.45, 2.75) is 38.0 Å². The summed E-state index contributed by atoms with van der Waals surface area (Å²) in [5.74, 6) is 0.855. The SMILES string of the molecule is O=C(N[C@@H]1CCCn2ncnc21)N1CCO[C@H](Cc2ccccc2)C1. The van der Waals surface area contributed by atoms with Gasteiger partial charge in [-0.1, -0.05) is 30.3 Å². The molecule has 0 saturated carbocycles. The van der Waals surface area contributed by atoms with Gasteiger partial charge in [-0.3, -0.25) is 0 Å². The molecule has 2 aliphatic rings. The lowest BCUT2D eigenvalue weighted by molar-refractivity contribution is -0.0138. The van der Waals surface area contributed by atoms with E-state index in [-0.39, 0.29) is 18.2 Å². The van der Waals surface area contributed by atoms with Crippen molar-refractivity contribution in [3.8, 4) is 0 Å². The van der Waals surface area contributed by atoms with E-state index in [1.807, 2.05) is 27.8 Å². The molecule has 4 rings (SSSR count). The fourth-order valence-corrected chi connectivity index (χ4v) is 3.57. The number of amides is 2. The third kappa shape index (κ3) is 3.66. The maximum Gasteiger partial charge on any atom is 0.318 e. The lowest BCUT2D eigenvalue weighted by Gasteiger charge is -2.34. The van der Waals surface area contributed by atoms with E-state index in [4.69, 9.17) is 4.74 Å². The van der Waals surface area contributed by atoms with E-state index in [2.05, 4.69) is 27.5 Å². The Morgan fingerprint density at radius 2 is 2.16 bits per heavy atom. The number of urea groups is 1. The van der Waals surface area contributed by atoms with Crippen LogP contribution in [-0.4, -0.2) is 51.5 Å². The molecular formula is C18H23N5O2. The third-order valence-electron chi connectivity index (χ3n) is 4.85. The summed E-state index contributed by atoms with van der Waals surface area (Å²) >= 11 is 0. The number of nitrogens with one attached hydrogen (secondary N) is 1. The summed E-state index contributed by atoms with van der Waals surface area (Å²) in [6.07, 6.45) is 4.33. The molecule has 0 radical (unpaired) electrons. The van der Waals surface area contributed by atoms with Gasteiger partial charge in [0.1, 0.15) is 12.2 Å². The molecule has 2 aromatic rings. The highest BCUT2D eigenvalue weighted by molar-refractivity contribution is 5.74. The van der Waals surface area contributed by atoms with Gasteiger partial charge in [-0.05, 0) is 18.4 Å². The number of hydrogen-bond donors (Lipinski definition) is 1. The number of carbonyl (C=O) groups is 1. The number of aryl methyl sites for hydroxylation is 1. The smallest absolute Gasteiger partial charge is 0.318 e. The van der Waals surface area contributed by atoms with Crippen molar-refractivity contribution in [1.82, 2.24) is 25.0 Å². The summed E-state index contributed by atoms with van der Waals surface area (Å²) in [5.41, 5.74) is 1.23. The van der Waals surface area contributed by atoms with Gasteiger partial charge in [0.2, 0.25) is 0 Å². The minimum absolute atomic E-state index is 0.0388. The zero-order valence-electron chi connectivity index (χ0n) is 14.2. The topological polar surface area (TPSA) is 72.3 Å². The number of benzene rings is 1. The minimum atomic E-state index is -0.0563. The first-order valence-electron chi connectivity index (χ1n) is 8.88. The molecule has 2 amide bonds. The standard InChI is InChI=1S/C18H23N5O2/c24-18(21-16-7-4-8-23-17(16)19-13-20-23)22-9-10-25-15(12-22)11-14-5-2-1-3-6-14/h1-3,5-6,13,15-16H,4,7-12H2,(H,21,24)/t15-,16-/m1/s1. The van der Waals surface area contributed by atoms with Crippen LogP contribution < -0.4 is 5.32 Å². The number of nitrogens with zero attached hydrogens (tertiary/aromatic N) is 4. The van der Waals surface area contributed by atoms with E-state index in [1.54, 1.807) is 6.33 Å². The molecule has 0 bridgehead atoms. The van der Waals surface area contributed by atoms with Crippen molar-refractivity contribution < 1.29 is 9.53 Å². The van der Waals surface area contributed by atoms with E-state index >= 15 is 0 Å². The molecule has 0 aliphatic carbocycles. The van der Waals surface area contributed by atoms with E-state index in [0.717, 1.165) is 31.6 Å². The predicted octanol–water partition coefficient (Wildman–Crippen LogP) is 1.77. The van der Waals surface area contributed by atoms with Gasteiger partial charge in [0, 0.05) is 26.1 Å². The first-order valence-corrected chi connectivity index (χ1v) is 8.88. The quantitative estimate of drug-likeness (QED) is 0.923. The molecule has 7 heteroatoms. The number of morpholine rings is 1. The summed E-state index contributed by atoms with van der Waals surface area (Å²) < 4.78 is 7.73. The fraction of sp³-hybridized carbons (Fsp3) is 0.500. The summed E-state index contributed by atoms with van der Waals surface area (Å²) in [7, 11) is 0.